The Balaban J connectivity index is 3.15. The standard InChI is InChI=1S/C13H18F3NO2/c1-2-3-9(4-7-17)10(8-11(18)19)12(5-6-12)13(14,15)16/h3-4,7,10H,2,5-6,8,17H2,1H3,(H,18,19)/b7-4-,9-3+/t10-/m1/s1. The number of alkyl halides is 3. The van der Waals surface area contributed by atoms with Gasteiger partial charge >= 0.3 is 12.1 Å². The third-order valence-electron chi connectivity index (χ3n) is 3.53. The summed E-state index contributed by atoms with van der Waals surface area (Å²) in [6, 6.07) is 0. The van der Waals surface area contributed by atoms with Crippen molar-refractivity contribution in [3.8, 4) is 0 Å². The molecule has 0 aromatic carbocycles. The lowest BCUT2D eigenvalue weighted by Gasteiger charge is -2.29. The summed E-state index contributed by atoms with van der Waals surface area (Å²) in [5.41, 5.74) is 3.72. The van der Waals surface area contributed by atoms with E-state index in [1.165, 1.54) is 6.08 Å². The van der Waals surface area contributed by atoms with Crippen molar-refractivity contribution in [2.24, 2.45) is 17.1 Å². The van der Waals surface area contributed by atoms with Crippen LogP contribution in [0.2, 0.25) is 0 Å². The van der Waals surface area contributed by atoms with Crippen LogP contribution in [0.5, 0.6) is 0 Å². The fraction of sp³-hybridized carbons (Fsp3) is 0.615. The molecule has 3 nitrogen and oxygen atoms in total. The van der Waals surface area contributed by atoms with Gasteiger partial charge in [0.15, 0.2) is 0 Å². The Kier molecular flexibility index (Phi) is 4.66. The molecule has 0 heterocycles. The van der Waals surface area contributed by atoms with Crippen molar-refractivity contribution < 1.29 is 23.1 Å². The smallest absolute Gasteiger partial charge is 0.395 e. The van der Waals surface area contributed by atoms with Crippen molar-refractivity contribution in [2.75, 3.05) is 0 Å². The lowest BCUT2D eigenvalue weighted by atomic mass is 9.79. The second kappa shape index (κ2) is 5.67. The molecule has 1 atom stereocenters. The molecule has 0 aromatic heterocycles. The first kappa shape index (κ1) is 15.6. The molecule has 3 N–H and O–H groups in total. The van der Waals surface area contributed by atoms with E-state index in [0.29, 0.717) is 12.0 Å². The average molecular weight is 277 g/mol. The molecule has 1 saturated carbocycles. The maximum absolute atomic E-state index is 13.2. The van der Waals surface area contributed by atoms with Gasteiger partial charge in [0.25, 0.3) is 0 Å². The van der Waals surface area contributed by atoms with Crippen molar-refractivity contribution in [1.82, 2.24) is 0 Å². The summed E-state index contributed by atoms with van der Waals surface area (Å²) in [5, 5.41) is 8.88. The normalized spacial score (nSPS) is 20.5. The molecule has 108 valence electrons. The third-order valence-corrected chi connectivity index (χ3v) is 3.53. The van der Waals surface area contributed by atoms with E-state index in [0.717, 1.165) is 6.20 Å². The molecule has 0 spiro atoms. The van der Waals surface area contributed by atoms with E-state index in [1.54, 1.807) is 13.0 Å². The van der Waals surface area contributed by atoms with E-state index in [4.69, 9.17) is 10.8 Å². The molecule has 1 rings (SSSR count). The summed E-state index contributed by atoms with van der Waals surface area (Å²) in [4.78, 5) is 10.9. The van der Waals surface area contributed by atoms with E-state index in [2.05, 4.69) is 0 Å². The van der Waals surface area contributed by atoms with Gasteiger partial charge in [-0.1, -0.05) is 13.0 Å². The first-order valence-electron chi connectivity index (χ1n) is 6.15. The maximum atomic E-state index is 13.2. The highest BCUT2D eigenvalue weighted by Crippen LogP contribution is 2.64. The van der Waals surface area contributed by atoms with Gasteiger partial charge in [-0.05, 0) is 37.1 Å². The van der Waals surface area contributed by atoms with Crippen LogP contribution in [-0.2, 0) is 4.79 Å². The lowest BCUT2D eigenvalue weighted by molar-refractivity contribution is -0.200. The number of aliphatic carboxylic acids is 1. The molecule has 1 aliphatic carbocycles. The quantitative estimate of drug-likeness (QED) is 0.733. The summed E-state index contributed by atoms with van der Waals surface area (Å²) in [6.45, 7) is 1.79. The summed E-state index contributed by atoms with van der Waals surface area (Å²) in [5.74, 6) is -2.29. The topological polar surface area (TPSA) is 63.3 Å². The van der Waals surface area contributed by atoms with Crippen molar-refractivity contribution in [2.45, 2.75) is 38.8 Å². The Morgan fingerprint density at radius 1 is 1.47 bits per heavy atom. The minimum absolute atomic E-state index is 0.0199. The van der Waals surface area contributed by atoms with E-state index in [-0.39, 0.29) is 12.8 Å². The monoisotopic (exact) mass is 277 g/mol. The molecule has 1 fully saturated rings. The first-order chi connectivity index (χ1) is 8.78. The highest BCUT2D eigenvalue weighted by molar-refractivity contribution is 5.68. The fourth-order valence-electron chi connectivity index (χ4n) is 2.44. The Bertz CT molecular complexity index is 395. The van der Waals surface area contributed by atoms with Crippen LogP contribution in [0.4, 0.5) is 13.2 Å². The molecule has 1 aliphatic rings. The molecule has 0 saturated heterocycles. The van der Waals surface area contributed by atoms with Crippen LogP contribution in [-0.4, -0.2) is 17.3 Å². The molecular formula is C13H18F3NO2. The molecule has 0 radical (unpaired) electrons. The van der Waals surface area contributed by atoms with Gasteiger partial charge in [0.05, 0.1) is 11.8 Å². The highest BCUT2D eigenvalue weighted by atomic mass is 19.4. The van der Waals surface area contributed by atoms with E-state index >= 15 is 0 Å². The third kappa shape index (κ3) is 3.30. The van der Waals surface area contributed by atoms with E-state index in [9.17, 15) is 18.0 Å². The van der Waals surface area contributed by atoms with Crippen molar-refractivity contribution in [3.05, 3.63) is 23.9 Å². The second-order valence-corrected chi connectivity index (χ2v) is 4.78. The molecule has 6 heteroatoms. The number of carboxylic acids is 1. The largest absolute Gasteiger partial charge is 0.481 e. The van der Waals surface area contributed by atoms with Gasteiger partial charge in [0.1, 0.15) is 0 Å². The second-order valence-electron chi connectivity index (χ2n) is 4.78. The minimum atomic E-state index is -4.39. The Morgan fingerprint density at radius 2 is 2.05 bits per heavy atom. The fourth-order valence-corrected chi connectivity index (χ4v) is 2.44. The van der Waals surface area contributed by atoms with E-state index in [1.807, 2.05) is 0 Å². The maximum Gasteiger partial charge on any atom is 0.395 e. The highest BCUT2D eigenvalue weighted by Gasteiger charge is 2.67. The van der Waals surface area contributed by atoms with Gasteiger partial charge in [-0.3, -0.25) is 4.79 Å². The van der Waals surface area contributed by atoms with Gasteiger partial charge in [0.2, 0.25) is 0 Å². The van der Waals surface area contributed by atoms with Crippen molar-refractivity contribution in [1.29, 1.82) is 0 Å². The van der Waals surface area contributed by atoms with Crippen LogP contribution < -0.4 is 5.73 Å². The Morgan fingerprint density at radius 3 is 2.37 bits per heavy atom. The summed E-state index contributed by atoms with van der Waals surface area (Å²) in [7, 11) is 0. The van der Waals surface area contributed by atoms with Crippen molar-refractivity contribution >= 4 is 5.97 Å². The average Bonchev–Trinajstić information content (AvgIpc) is 3.05. The zero-order valence-corrected chi connectivity index (χ0v) is 10.7. The minimum Gasteiger partial charge on any atom is -0.481 e. The molecule has 0 amide bonds. The Hall–Kier alpha value is -1.46. The number of carboxylic acid groups (broad SMARTS) is 1. The lowest BCUT2D eigenvalue weighted by Crippen LogP contribution is -2.34. The first-order valence-corrected chi connectivity index (χ1v) is 6.15. The number of allylic oxidation sites excluding steroid dienone is 3. The van der Waals surface area contributed by atoms with Crippen LogP contribution in [0, 0.1) is 11.3 Å². The van der Waals surface area contributed by atoms with Crippen LogP contribution in [0.25, 0.3) is 0 Å². The summed E-state index contributed by atoms with van der Waals surface area (Å²) < 4.78 is 39.5. The van der Waals surface area contributed by atoms with Gasteiger partial charge in [0, 0.05) is 5.92 Å². The molecular weight excluding hydrogens is 259 g/mol. The van der Waals surface area contributed by atoms with Gasteiger partial charge in [-0.25, -0.2) is 0 Å². The summed E-state index contributed by atoms with van der Waals surface area (Å²) >= 11 is 0. The van der Waals surface area contributed by atoms with Crippen LogP contribution >= 0.6 is 0 Å². The Labute approximate surface area is 110 Å². The summed E-state index contributed by atoms with van der Waals surface area (Å²) in [6.07, 6.45) is -0.280. The van der Waals surface area contributed by atoms with Gasteiger partial charge < -0.3 is 10.8 Å². The molecule has 0 aliphatic heterocycles. The number of hydrogen-bond acceptors (Lipinski definition) is 2. The molecule has 0 aromatic rings. The molecule has 19 heavy (non-hydrogen) atoms. The molecule has 0 bridgehead atoms. The predicted octanol–water partition coefficient (Wildman–Crippen LogP) is 3.23. The number of carbonyl (C=O) groups is 1. The SMILES string of the molecule is CC/C=C(\C=C/N)[C@@H](CC(=O)O)C1(C(F)(F)F)CC1. The van der Waals surface area contributed by atoms with Crippen LogP contribution in [0.15, 0.2) is 23.9 Å². The van der Waals surface area contributed by atoms with Gasteiger partial charge in [-0.2, -0.15) is 13.2 Å². The predicted molar refractivity (Wildman–Crippen MR) is 65.2 cm³/mol. The number of rotatable bonds is 6. The van der Waals surface area contributed by atoms with Crippen LogP contribution in [0.1, 0.15) is 32.6 Å². The zero-order valence-electron chi connectivity index (χ0n) is 10.7. The van der Waals surface area contributed by atoms with Crippen molar-refractivity contribution in [3.63, 3.8) is 0 Å². The van der Waals surface area contributed by atoms with Gasteiger partial charge in [-0.15, -0.1) is 0 Å². The zero-order chi connectivity index (χ0) is 14.7. The van der Waals surface area contributed by atoms with E-state index < -0.39 is 29.9 Å². The molecule has 0 unspecified atom stereocenters. The van der Waals surface area contributed by atoms with Crippen LogP contribution in [0.3, 0.4) is 0 Å². The number of halogens is 3. The number of nitrogens with two attached hydrogens (primary N) is 1. The number of hydrogen-bond donors (Lipinski definition) is 2.